The first-order chi connectivity index (χ1) is 8.25. The molecule has 112 valence electrons. The third-order valence-corrected chi connectivity index (χ3v) is 5.18. The van der Waals surface area contributed by atoms with Gasteiger partial charge in [-0.3, -0.25) is 19.4 Å². The molecule has 19 heavy (non-hydrogen) atoms. The summed E-state index contributed by atoms with van der Waals surface area (Å²) in [5.74, 6) is -2.67. The molecule has 3 N–H and O–H groups in total. The van der Waals surface area contributed by atoms with Crippen molar-refractivity contribution in [2.75, 3.05) is 0 Å². The summed E-state index contributed by atoms with van der Waals surface area (Å²) in [7, 11) is -16.3. The van der Waals surface area contributed by atoms with Crippen LogP contribution in [0.5, 0.6) is 0 Å². The topological polar surface area (TPSA) is 183 Å². The van der Waals surface area contributed by atoms with Crippen molar-refractivity contribution in [3.63, 3.8) is 0 Å². The molecule has 0 aliphatic carbocycles. The van der Waals surface area contributed by atoms with Crippen LogP contribution in [0.15, 0.2) is 0 Å². The predicted molar refractivity (Wildman–Crippen MR) is 55.2 cm³/mol. The molecule has 0 aliphatic heterocycles. The van der Waals surface area contributed by atoms with Crippen LogP contribution in [0.3, 0.4) is 0 Å². The van der Waals surface area contributed by atoms with Crippen molar-refractivity contribution < 1.29 is 55.6 Å². The standard InChI is InChI=1S/C4H9O12P3/c1-3(5)13-17(7,8)15-19(11,12)16-18(9,10)14-4(2)6/h1-2H3,(H,7,8)(H,9,10)(H,11,12). The Balaban J connectivity index is 4.87. The van der Waals surface area contributed by atoms with Gasteiger partial charge in [-0.05, 0) is 0 Å². The summed E-state index contributed by atoms with van der Waals surface area (Å²) >= 11 is 0. The van der Waals surface area contributed by atoms with Gasteiger partial charge in [-0.2, -0.15) is 8.62 Å². The summed E-state index contributed by atoms with van der Waals surface area (Å²) in [5.41, 5.74) is 0. The maximum atomic E-state index is 11.1. The van der Waals surface area contributed by atoms with E-state index in [1.807, 2.05) is 0 Å². The van der Waals surface area contributed by atoms with E-state index in [0.29, 0.717) is 13.8 Å². The Labute approximate surface area is 106 Å². The number of phosphoric ester groups is 2. The van der Waals surface area contributed by atoms with E-state index in [2.05, 4.69) is 17.7 Å². The highest BCUT2D eigenvalue weighted by molar-refractivity contribution is 7.67. The van der Waals surface area contributed by atoms with Crippen molar-refractivity contribution in [3.05, 3.63) is 0 Å². The molecule has 2 atom stereocenters. The van der Waals surface area contributed by atoms with Gasteiger partial charge in [0.05, 0.1) is 0 Å². The molecule has 2 unspecified atom stereocenters. The Morgan fingerprint density at radius 1 is 0.737 bits per heavy atom. The Kier molecular flexibility index (Phi) is 6.07. The molecule has 0 aliphatic rings. The number of rotatable bonds is 6. The molecule has 0 radical (unpaired) electrons. The molecule has 0 fully saturated rings. The van der Waals surface area contributed by atoms with Gasteiger partial charge in [-0.15, -0.1) is 0 Å². The molecule has 0 heterocycles. The van der Waals surface area contributed by atoms with Gasteiger partial charge in [0, 0.05) is 13.8 Å². The number of carbonyl (C=O) groups is 2. The van der Waals surface area contributed by atoms with Gasteiger partial charge in [0.2, 0.25) is 0 Å². The molecule has 0 saturated heterocycles. The van der Waals surface area contributed by atoms with Crippen LogP contribution in [-0.2, 0) is 41.0 Å². The molecule has 0 spiro atoms. The Morgan fingerprint density at radius 3 is 1.21 bits per heavy atom. The fourth-order valence-corrected chi connectivity index (χ4v) is 4.02. The van der Waals surface area contributed by atoms with E-state index in [-0.39, 0.29) is 0 Å². The summed E-state index contributed by atoms with van der Waals surface area (Å²) < 4.78 is 47.2. The second-order valence-corrected chi connectivity index (χ2v) is 7.22. The highest BCUT2D eigenvalue weighted by Crippen LogP contribution is 2.67. The molecular formula is C4H9O12P3. The minimum Gasteiger partial charge on any atom is -0.371 e. The normalized spacial score (nSPS) is 20.5. The molecule has 0 aromatic carbocycles. The molecule has 0 saturated carbocycles. The molecule has 0 aromatic rings. The van der Waals surface area contributed by atoms with E-state index >= 15 is 0 Å². The van der Waals surface area contributed by atoms with Gasteiger partial charge in [0.15, 0.2) is 0 Å². The number of hydrogen-bond donors (Lipinski definition) is 3. The average molecular weight is 342 g/mol. The van der Waals surface area contributed by atoms with E-state index in [9.17, 15) is 23.3 Å². The number of hydrogen-bond acceptors (Lipinski definition) is 9. The van der Waals surface area contributed by atoms with E-state index in [1.165, 1.54) is 0 Å². The summed E-state index contributed by atoms with van der Waals surface area (Å²) in [6.45, 7) is 1.37. The van der Waals surface area contributed by atoms with Crippen LogP contribution in [0.25, 0.3) is 0 Å². The summed E-state index contributed by atoms with van der Waals surface area (Å²) in [4.78, 5) is 47.2. The Morgan fingerprint density at radius 2 is 1.00 bits per heavy atom. The maximum absolute atomic E-state index is 11.1. The number of phosphoric acid groups is 3. The minimum atomic E-state index is -5.63. The van der Waals surface area contributed by atoms with Gasteiger partial charge in [0.25, 0.3) is 0 Å². The van der Waals surface area contributed by atoms with Crippen LogP contribution in [0, 0.1) is 0 Å². The first-order valence-corrected chi connectivity index (χ1v) is 8.55. The second-order valence-electron chi connectivity index (χ2n) is 2.73. The van der Waals surface area contributed by atoms with Crippen molar-refractivity contribution in [3.8, 4) is 0 Å². The van der Waals surface area contributed by atoms with Crippen LogP contribution < -0.4 is 0 Å². The van der Waals surface area contributed by atoms with E-state index < -0.39 is 35.4 Å². The number of carbonyl (C=O) groups excluding carboxylic acids is 2. The lowest BCUT2D eigenvalue weighted by Crippen LogP contribution is -2.02. The zero-order valence-corrected chi connectivity index (χ0v) is 12.0. The van der Waals surface area contributed by atoms with Crippen LogP contribution in [0.4, 0.5) is 0 Å². The lowest BCUT2D eigenvalue weighted by molar-refractivity contribution is -0.134. The first kappa shape index (κ1) is 18.4. The first-order valence-electron chi connectivity index (χ1n) is 4.06. The van der Waals surface area contributed by atoms with E-state index in [0.717, 1.165) is 0 Å². The Hall–Kier alpha value is -0.570. The summed E-state index contributed by atoms with van der Waals surface area (Å²) in [5, 5.41) is 0. The molecule has 12 nitrogen and oxygen atoms in total. The fraction of sp³-hybridized carbons (Fsp3) is 0.500. The van der Waals surface area contributed by atoms with E-state index in [4.69, 9.17) is 14.7 Å². The van der Waals surface area contributed by atoms with Crippen LogP contribution in [0.2, 0.25) is 0 Å². The predicted octanol–water partition coefficient (Wildman–Crippen LogP) is 0.447. The van der Waals surface area contributed by atoms with Crippen LogP contribution in [-0.4, -0.2) is 26.6 Å². The summed E-state index contributed by atoms with van der Waals surface area (Å²) in [6.07, 6.45) is 0. The smallest absolute Gasteiger partial charge is 0.371 e. The minimum absolute atomic E-state index is 0.686. The van der Waals surface area contributed by atoms with Crippen molar-refractivity contribution in [1.29, 1.82) is 0 Å². The van der Waals surface area contributed by atoms with Gasteiger partial charge >= 0.3 is 35.4 Å². The molecule has 0 rings (SSSR count). The SMILES string of the molecule is CC(=O)OP(=O)(O)OP(=O)(O)OP(=O)(O)OC(C)=O. The second kappa shape index (κ2) is 6.25. The van der Waals surface area contributed by atoms with Gasteiger partial charge < -0.3 is 13.9 Å². The highest BCUT2D eigenvalue weighted by Gasteiger charge is 2.44. The third kappa shape index (κ3) is 9.04. The van der Waals surface area contributed by atoms with Crippen molar-refractivity contribution >= 4 is 35.4 Å². The molecule has 15 heteroatoms. The molecule has 0 aromatic heterocycles. The van der Waals surface area contributed by atoms with Crippen LogP contribution >= 0.6 is 23.5 Å². The van der Waals surface area contributed by atoms with Gasteiger partial charge in [-0.25, -0.2) is 13.7 Å². The monoisotopic (exact) mass is 342 g/mol. The van der Waals surface area contributed by atoms with E-state index in [1.54, 1.807) is 0 Å². The maximum Gasteiger partial charge on any atom is 0.538 e. The van der Waals surface area contributed by atoms with Crippen molar-refractivity contribution in [1.82, 2.24) is 0 Å². The zero-order valence-electron chi connectivity index (χ0n) is 9.36. The molecule has 0 amide bonds. The highest BCUT2D eigenvalue weighted by atomic mass is 31.3. The molecule has 0 bridgehead atoms. The Bertz CT molecular complexity index is 465. The average Bonchev–Trinajstić information content (AvgIpc) is 1.89. The van der Waals surface area contributed by atoms with Gasteiger partial charge in [0.1, 0.15) is 0 Å². The van der Waals surface area contributed by atoms with Crippen LogP contribution in [0.1, 0.15) is 13.8 Å². The van der Waals surface area contributed by atoms with Crippen molar-refractivity contribution in [2.45, 2.75) is 13.8 Å². The largest absolute Gasteiger partial charge is 0.538 e. The lowest BCUT2D eigenvalue weighted by atomic mass is 10.9. The van der Waals surface area contributed by atoms with Gasteiger partial charge in [-0.1, -0.05) is 0 Å². The third-order valence-electron chi connectivity index (χ3n) is 0.901. The fourth-order valence-electron chi connectivity index (χ4n) is 0.634. The lowest BCUT2D eigenvalue weighted by Gasteiger charge is -2.16. The quantitative estimate of drug-likeness (QED) is 0.567. The zero-order chi connectivity index (χ0) is 15.5. The molecular weight excluding hydrogens is 333 g/mol. The summed E-state index contributed by atoms with van der Waals surface area (Å²) in [6, 6.07) is 0. The van der Waals surface area contributed by atoms with Crippen molar-refractivity contribution in [2.24, 2.45) is 0 Å².